The van der Waals surface area contributed by atoms with Crippen LogP contribution in [0.1, 0.15) is 11.7 Å². The van der Waals surface area contributed by atoms with Gasteiger partial charge in [0.1, 0.15) is 6.10 Å². The SMILES string of the molecule is COc1cc(N2CCOC(c3ccc(Cl)cc3)C2)ccc1[N+](=O)[O-]. The summed E-state index contributed by atoms with van der Waals surface area (Å²) >= 11 is 5.93. The second-order valence-corrected chi connectivity index (χ2v) is 5.91. The number of benzene rings is 2. The molecule has 0 N–H and O–H groups in total. The number of rotatable bonds is 4. The molecule has 0 aromatic heterocycles. The Balaban J connectivity index is 1.82. The molecule has 0 bridgehead atoms. The second-order valence-electron chi connectivity index (χ2n) is 5.47. The first kappa shape index (κ1) is 16.5. The molecule has 3 rings (SSSR count). The van der Waals surface area contributed by atoms with Crippen molar-refractivity contribution in [1.82, 2.24) is 0 Å². The number of halogens is 1. The summed E-state index contributed by atoms with van der Waals surface area (Å²) in [6.45, 7) is 1.94. The fourth-order valence-electron chi connectivity index (χ4n) is 2.78. The molecule has 1 aliphatic rings. The highest BCUT2D eigenvalue weighted by molar-refractivity contribution is 6.30. The highest BCUT2D eigenvalue weighted by atomic mass is 35.5. The number of morpholine rings is 1. The molecule has 2 aromatic rings. The fourth-order valence-corrected chi connectivity index (χ4v) is 2.90. The number of hydrogen-bond donors (Lipinski definition) is 0. The molecule has 126 valence electrons. The van der Waals surface area contributed by atoms with Crippen LogP contribution in [0.3, 0.4) is 0 Å². The van der Waals surface area contributed by atoms with Gasteiger partial charge in [0.2, 0.25) is 0 Å². The van der Waals surface area contributed by atoms with E-state index in [-0.39, 0.29) is 17.5 Å². The highest BCUT2D eigenvalue weighted by Gasteiger charge is 2.24. The van der Waals surface area contributed by atoms with Gasteiger partial charge in [-0.1, -0.05) is 23.7 Å². The van der Waals surface area contributed by atoms with Crippen LogP contribution >= 0.6 is 11.6 Å². The summed E-state index contributed by atoms with van der Waals surface area (Å²) in [7, 11) is 1.43. The molecule has 1 fully saturated rings. The Hall–Kier alpha value is -2.31. The van der Waals surface area contributed by atoms with Crippen LogP contribution < -0.4 is 9.64 Å². The Kier molecular flexibility index (Phi) is 4.87. The Morgan fingerprint density at radius 1 is 1.29 bits per heavy atom. The van der Waals surface area contributed by atoms with E-state index in [0.29, 0.717) is 24.7 Å². The van der Waals surface area contributed by atoms with Crippen molar-refractivity contribution in [1.29, 1.82) is 0 Å². The first-order valence-corrected chi connectivity index (χ1v) is 7.90. The maximum absolute atomic E-state index is 11.0. The van der Waals surface area contributed by atoms with Crippen molar-refractivity contribution in [2.24, 2.45) is 0 Å². The van der Waals surface area contributed by atoms with Gasteiger partial charge >= 0.3 is 5.69 Å². The topological polar surface area (TPSA) is 64.8 Å². The Morgan fingerprint density at radius 2 is 2.04 bits per heavy atom. The van der Waals surface area contributed by atoms with E-state index >= 15 is 0 Å². The molecule has 0 radical (unpaired) electrons. The predicted octanol–water partition coefficient (Wildman–Crippen LogP) is 3.83. The van der Waals surface area contributed by atoms with Gasteiger partial charge in [0.15, 0.2) is 5.75 Å². The molecule has 1 aliphatic heterocycles. The zero-order valence-electron chi connectivity index (χ0n) is 13.1. The molecular weight excluding hydrogens is 332 g/mol. The molecular formula is C17H17ClN2O4. The molecule has 1 saturated heterocycles. The molecule has 1 heterocycles. The monoisotopic (exact) mass is 348 g/mol. The van der Waals surface area contributed by atoms with E-state index in [2.05, 4.69) is 4.90 Å². The van der Waals surface area contributed by atoms with E-state index in [1.807, 2.05) is 24.3 Å². The van der Waals surface area contributed by atoms with Gasteiger partial charge < -0.3 is 14.4 Å². The number of hydrogen-bond acceptors (Lipinski definition) is 5. The van der Waals surface area contributed by atoms with E-state index in [1.165, 1.54) is 13.2 Å². The Labute approximate surface area is 144 Å². The lowest BCUT2D eigenvalue weighted by molar-refractivity contribution is -0.385. The van der Waals surface area contributed by atoms with Gasteiger partial charge in [-0.25, -0.2) is 0 Å². The minimum absolute atomic E-state index is 0.0382. The summed E-state index contributed by atoms with van der Waals surface area (Å²) in [4.78, 5) is 12.7. The molecule has 2 aromatic carbocycles. The van der Waals surface area contributed by atoms with Crippen LogP contribution in [0.5, 0.6) is 5.75 Å². The molecule has 1 atom stereocenters. The number of nitro groups is 1. The smallest absolute Gasteiger partial charge is 0.311 e. The van der Waals surface area contributed by atoms with Gasteiger partial charge in [-0.2, -0.15) is 0 Å². The van der Waals surface area contributed by atoms with Crippen molar-refractivity contribution in [3.8, 4) is 5.75 Å². The largest absolute Gasteiger partial charge is 0.490 e. The van der Waals surface area contributed by atoms with E-state index in [9.17, 15) is 10.1 Å². The standard InChI is InChI=1S/C17H17ClN2O4/c1-23-16-10-14(6-7-15(16)20(21)22)19-8-9-24-17(11-19)12-2-4-13(18)5-3-12/h2-7,10,17H,8-9,11H2,1H3. The molecule has 1 unspecified atom stereocenters. The minimum atomic E-state index is -0.446. The van der Waals surface area contributed by atoms with Crippen molar-refractivity contribution >= 4 is 23.0 Å². The van der Waals surface area contributed by atoms with Crippen molar-refractivity contribution in [3.63, 3.8) is 0 Å². The minimum Gasteiger partial charge on any atom is -0.490 e. The van der Waals surface area contributed by atoms with Gasteiger partial charge in [-0.15, -0.1) is 0 Å². The Bertz CT molecular complexity index is 736. The third-order valence-corrected chi connectivity index (χ3v) is 4.29. The van der Waals surface area contributed by atoms with Crippen molar-refractivity contribution in [3.05, 3.63) is 63.2 Å². The van der Waals surface area contributed by atoms with Crippen LogP contribution in [0, 0.1) is 10.1 Å². The lowest BCUT2D eigenvalue weighted by Gasteiger charge is -2.34. The van der Waals surface area contributed by atoms with E-state index in [1.54, 1.807) is 12.1 Å². The zero-order valence-corrected chi connectivity index (χ0v) is 13.9. The average Bonchev–Trinajstić information content (AvgIpc) is 2.61. The lowest BCUT2D eigenvalue weighted by Crippen LogP contribution is -2.38. The molecule has 0 spiro atoms. The summed E-state index contributed by atoms with van der Waals surface area (Å²) in [5.74, 6) is 0.257. The highest BCUT2D eigenvalue weighted by Crippen LogP contribution is 2.33. The number of anilines is 1. The molecule has 0 aliphatic carbocycles. The zero-order chi connectivity index (χ0) is 17.1. The second kappa shape index (κ2) is 7.07. The van der Waals surface area contributed by atoms with Crippen LogP contribution in [-0.2, 0) is 4.74 Å². The summed E-state index contributed by atoms with van der Waals surface area (Å²) in [5.41, 5.74) is 1.89. The normalized spacial score (nSPS) is 17.6. The van der Waals surface area contributed by atoms with E-state index in [0.717, 1.165) is 11.3 Å². The van der Waals surface area contributed by atoms with Gasteiger partial charge in [0.25, 0.3) is 0 Å². The van der Waals surface area contributed by atoms with E-state index < -0.39 is 4.92 Å². The number of ether oxygens (including phenoxy) is 2. The molecule has 7 heteroatoms. The number of methoxy groups -OCH3 is 1. The summed E-state index contributed by atoms with van der Waals surface area (Å²) < 4.78 is 11.0. The predicted molar refractivity (Wildman–Crippen MR) is 92.0 cm³/mol. The van der Waals surface area contributed by atoms with Gasteiger partial charge in [0.05, 0.1) is 18.6 Å². The quantitative estimate of drug-likeness (QED) is 0.620. The van der Waals surface area contributed by atoms with Crippen LogP contribution in [0.15, 0.2) is 42.5 Å². The third-order valence-electron chi connectivity index (χ3n) is 4.03. The van der Waals surface area contributed by atoms with E-state index in [4.69, 9.17) is 21.1 Å². The summed E-state index contributed by atoms with van der Waals surface area (Å²) in [6.07, 6.45) is -0.0720. The number of nitro benzene ring substituents is 1. The number of nitrogens with zero attached hydrogens (tertiary/aromatic N) is 2. The maximum Gasteiger partial charge on any atom is 0.311 e. The molecule has 6 nitrogen and oxygen atoms in total. The van der Waals surface area contributed by atoms with Gasteiger partial charge in [0, 0.05) is 35.9 Å². The molecule has 24 heavy (non-hydrogen) atoms. The molecule has 0 amide bonds. The van der Waals surface area contributed by atoms with Crippen molar-refractivity contribution in [2.75, 3.05) is 31.7 Å². The lowest BCUT2D eigenvalue weighted by atomic mass is 10.1. The average molecular weight is 349 g/mol. The van der Waals surface area contributed by atoms with Crippen LogP contribution in [0.4, 0.5) is 11.4 Å². The van der Waals surface area contributed by atoms with Gasteiger partial charge in [-0.05, 0) is 23.8 Å². The third kappa shape index (κ3) is 3.44. The molecule has 0 saturated carbocycles. The summed E-state index contributed by atoms with van der Waals surface area (Å²) in [6, 6.07) is 12.5. The first-order chi connectivity index (χ1) is 11.6. The summed E-state index contributed by atoms with van der Waals surface area (Å²) in [5, 5.41) is 11.7. The van der Waals surface area contributed by atoms with Crippen molar-refractivity contribution in [2.45, 2.75) is 6.10 Å². The van der Waals surface area contributed by atoms with Crippen molar-refractivity contribution < 1.29 is 14.4 Å². The maximum atomic E-state index is 11.0. The van der Waals surface area contributed by atoms with Crippen LogP contribution in [0.2, 0.25) is 5.02 Å². The van der Waals surface area contributed by atoms with Crippen LogP contribution in [-0.4, -0.2) is 31.7 Å². The van der Waals surface area contributed by atoms with Crippen LogP contribution in [0.25, 0.3) is 0 Å². The first-order valence-electron chi connectivity index (χ1n) is 7.53. The fraction of sp³-hybridized carbons (Fsp3) is 0.294. The Morgan fingerprint density at radius 3 is 2.71 bits per heavy atom. The van der Waals surface area contributed by atoms with Gasteiger partial charge in [-0.3, -0.25) is 10.1 Å².